The van der Waals surface area contributed by atoms with Crippen molar-refractivity contribution in [3.63, 3.8) is 0 Å². The van der Waals surface area contributed by atoms with Gasteiger partial charge >= 0.3 is 0 Å². The molecule has 1 saturated carbocycles. The molecule has 25 heavy (non-hydrogen) atoms. The van der Waals surface area contributed by atoms with E-state index in [9.17, 15) is 4.39 Å². The highest BCUT2D eigenvalue weighted by molar-refractivity contribution is 5.79. The monoisotopic (exact) mass is 348 g/mol. The van der Waals surface area contributed by atoms with Crippen LogP contribution in [-0.4, -0.2) is 63.3 Å². The van der Waals surface area contributed by atoms with E-state index in [2.05, 4.69) is 22.6 Å². The lowest BCUT2D eigenvalue weighted by molar-refractivity contribution is -0.0161. The van der Waals surface area contributed by atoms with E-state index < -0.39 is 0 Å². The van der Waals surface area contributed by atoms with E-state index in [-0.39, 0.29) is 17.3 Å². The van der Waals surface area contributed by atoms with Crippen molar-refractivity contribution < 1.29 is 9.13 Å². The molecule has 1 aromatic rings. The topological polar surface area (TPSA) is 48.9 Å². The second-order valence-corrected chi connectivity index (χ2v) is 7.09. The van der Waals surface area contributed by atoms with E-state index in [1.807, 2.05) is 19.1 Å². The molecule has 1 aromatic carbocycles. The van der Waals surface area contributed by atoms with Crippen molar-refractivity contribution in [3.8, 4) is 0 Å². The van der Waals surface area contributed by atoms with Gasteiger partial charge in [-0.25, -0.2) is 4.39 Å². The van der Waals surface area contributed by atoms with Crippen LogP contribution in [0, 0.1) is 5.82 Å². The van der Waals surface area contributed by atoms with Crippen molar-refractivity contribution in [3.05, 3.63) is 35.6 Å². The number of rotatable bonds is 6. The molecule has 6 heteroatoms. The smallest absolute Gasteiger partial charge is 0.191 e. The molecule has 2 aliphatic rings. The highest BCUT2D eigenvalue weighted by atomic mass is 19.1. The van der Waals surface area contributed by atoms with E-state index in [0.717, 1.165) is 57.2 Å². The standard InChI is InChI=1S/C19H29FN4O/c1-3-21-18(22-12-15-13-24(2)10-11-25-15)23-14-19(8-9-19)16-6-4-5-7-17(16)20/h4-7,15H,3,8-14H2,1-2H3,(H2,21,22,23). The number of nitrogens with one attached hydrogen (secondary N) is 2. The Kier molecular flexibility index (Phi) is 5.91. The molecule has 0 radical (unpaired) electrons. The lowest BCUT2D eigenvalue weighted by atomic mass is 9.95. The number of nitrogens with zero attached hydrogens (tertiary/aromatic N) is 2. The van der Waals surface area contributed by atoms with Crippen LogP contribution >= 0.6 is 0 Å². The Balaban J connectivity index is 1.59. The van der Waals surface area contributed by atoms with Gasteiger partial charge < -0.3 is 20.3 Å². The van der Waals surface area contributed by atoms with Crippen LogP contribution in [0.5, 0.6) is 0 Å². The van der Waals surface area contributed by atoms with Gasteiger partial charge in [0.1, 0.15) is 5.82 Å². The third kappa shape index (κ3) is 4.70. The van der Waals surface area contributed by atoms with E-state index in [0.29, 0.717) is 6.54 Å². The lowest BCUT2D eigenvalue weighted by Crippen LogP contribution is -2.48. The largest absolute Gasteiger partial charge is 0.374 e. The fourth-order valence-corrected chi connectivity index (χ4v) is 3.33. The maximum absolute atomic E-state index is 14.1. The average molecular weight is 348 g/mol. The average Bonchev–Trinajstić information content (AvgIpc) is 3.39. The third-order valence-corrected chi connectivity index (χ3v) is 5.02. The minimum Gasteiger partial charge on any atom is -0.374 e. The van der Waals surface area contributed by atoms with E-state index in [4.69, 9.17) is 9.73 Å². The Hall–Kier alpha value is -1.66. The summed E-state index contributed by atoms with van der Waals surface area (Å²) in [6, 6.07) is 7.08. The van der Waals surface area contributed by atoms with Crippen molar-refractivity contribution in [1.29, 1.82) is 0 Å². The Morgan fingerprint density at radius 1 is 1.36 bits per heavy atom. The van der Waals surface area contributed by atoms with Gasteiger partial charge in [-0.05, 0) is 38.4 Å². The Morgan fingerprint density at radius 3 is 2.84 bits per heavy atom. The van der Waals surface area contributed by atoms with Gasteiger partial charge in [-0.3, -0.25) is 4.99 Å². The minimum absolute atomic E-state index is 0.119. The number of morpholine rings is 1. The second kappa shape index (κ2) is 8.15. The molecule has 1 atom stereocenters. The Bertz CT molecular complexity index is 603. The van der Waals surface area contributed by atoms with Crippen molar-refractivity contribution in [2.24, 2.45) is 4.99 Å². The summed E-state index contributed by atoms with van der Waals surface area (Å²) in [5, 5.41) is 6.65. The molecule has 3 rings (SSSR count). The molecule has 2 N–H and O–H groups in total. The highest BCUT2D eigenvalue weighted by Crippen LogP contribution is 2.49. The van der Waals surface area contributed by atoms with Crippen LogP contribution in [0.2, 0.25) is 0 Å². The number of aliphatic imine (C=N–C) groups is 1. The first kappa shape index (κ1) is 18.1. The van der Waals surface area contributed by atoms with E-state index in [1.165, 1.54) is 0 Å². The molecule has 0 amide bonds. The van der Waals surface area contributed by atoms with Gasteiger partial charge in [-0.1, -0.05) is 18.2 Å². The Labute approximate surface area is 149 Å². The molecule has 1 unspecified atom stereocenters. The number of hydrogen-bond donors (Lipinski definition) is 2. The quantitative estimate of drug-likeness (QED) is 0.607. The molecule has 5 nitrogen and oxygen atoms in total. The predicted molar refractivity (Wildman–Crippen MR) is 98.5 cm³/mol. The van der Waals surface area contributed by atoms with Gasteiger partial charge in [-0.15, -0.1) is 0 Å². The Morgan fingerprint density at radius 2 is 2.16 bits per heavy atom. The summed E-state index contributed by atoms with van der Waals surface area (Å²) in [4.78, 5) is 7.00. The fraction of sp³-hybridized carbons (Fsp3) is 0.632. The van der Waals surface area contributed by atoms with Gasteiger partial charge in [0.25, 0.3) is 0 Å². The zero-order valence-electron chi connectivity index (χ0n) is 15.2. The van der Waals surface area contributed by atoms with Crippen LogP contribution in [0.15, 0.2) is 29.3 Å². The zero-order chi connectivity index (χ0) is 17.7. The summed E-state index contributed by atoms with van der Waals surface area (Å²) in [5.41, 5.74) is 0.668. The summed E-state index contributed by atoms with van der Waals surface area (Å²) in [6.07, 6.45) is 2.16. The van der Waals surface area contributed by atoms with Crippen LogP contribution in [0.25, 0.3) is 0 Å². The van der Waals surface area contributed by atoms with Gasteiger partial charge in [0.2, 0.25) is 0 Å². The third-order valence-electron chi connectivity index (χ3n) is 5.02. The maximum atomic E-state index is 14.1. The fourth-order valence-electron chi connectivity index (χ4n) is 3.33. The number of benzene rings is 1. The summed E-state index contributed by atoms with van der Waals surface area (Å²) in [6.45, 7) is 6.85. The summed E-state index contributed by atoms with van der Waals surface area (Å²) >= 11 is 0. The van der Waals surface area contributed by atoms with E-state index >= 15 is 0 Å². The van der Waals surface area contributed by atoms with Crippen LogP contribution in [0.4, 0.5) is 4.39 Å². The molecule has 2 fully saturated rings. The van der Waals surface area contributed by atoms with Crippen molar-refractivity contribution >= 4 is 5.96 Å². The maximum Gasteiger partial charge on any atom is 0.191 e. The number of hydrogen-bond acceptors (Lipinski definition) is 3. The van der Waals surface area contributed by atoms with E-state index in [1.54, 1.807) is 12.1 Å². The zero-order valence-corrected chi connectivity index (χ0v) is 15.2. The van der Waals surface area contributed by atoms with Gasteiger partial charge in [0.05, 0.1) is 19.3 Å². The SMILES string of the molecule is CCNC(=NCC1(c2ccccc2F)CC1)NCC1CN(C)CCO1. The van der Waals surface area contributed by atoms with Crippen molar-refractivity contribution in [2.75, 3.05) is 46.4 Å². The lowest BCUT2D eigenvalue weighted by Gasteiger charge is -2.30. The predicted octanol–water partition coefficient (Wildman–Crippen LogP) is 1.74. The van der Waals surface area contributed by atoms with Gasteiger partial charge in [-0.2, -0.15) is 0 Å². The van der Waals surface area contributed by atoms with Crippen molar-refractivity contribution in [2.45, 2.75) is 31.3 Å². The molecule has 1 heterocycles. The van der Waals surface area contributed by atoms with Crippen LogP contribution in [-0.2, 0) is 10.2 Å². The molecule has 1 aliphatic carbocycles. The number of ether oxygens (including phenoxy) is 1. The van der Waals surface area contributed by atoms with Crippen LogP contribution in [0.3, 0.4) is 0 Å². The summed E-state index contributed by atoms with van der Waals surface area (Å²) in [5.74, 6) is 0.661. The number of guanidine groups is 1. The number of halogens is 1. The summed E-state index contributed by atoms with van der Waals surface area (Å²) < 4.78 is 19.9. The van der Waals surface area contributed by atoms with Gasteiger partial charge in [0, 0.05) is 31.6 Å². The number of likely N-dealkylation sites (N-methyl/N-ethyl adjacent to an activating group) is 1. The minimum atomic E-state index is -0.130. The molecular weight excluding hydrogens is 319 g/mol. The van der Waals surface area contributed by atoms with Crippen molar-refractivity contribution in [1.82, 2.24) is 15.5 Å². The highest BCUT2D eigenvalue weighted by Gasteiger charge is 2.45. The molecule has 0 bridgehead atoms. The summed E-state index contributed by atoms with van der Waals surface area (Å²) in [7, 11) is 2.11. The van der Waals surface area contributed by atoms with Crippen LogP contribution < -0.4 is 10.6 Å². The van der Waals surface area contributed by atoms with Gasteiger partial charge in [0.15, 0.2) is 5.96 Å². The molecule has 1 saturated heterocycles. The normalized spacial score (nSPS) is 23.3. The first-order chi connectivity index (χ1) is 12.1. The molecular formula is C19H29FN4O. The second-order valence-electron chi connectivity index (χ2n) is 7.09. The van der Waals surface area contributed by atoms with Crippen LogP contribution in [0.1, 0.15) is 25.3 Å². The molecule has 0 aromatic heterocycles. The first-order valence-corrected chi connectivity index (χ1v) is 9.20. The molecule has 138 valence electrons. The molecule has 0 spiro atoms. The first-order valence-electron chi connectivity index (χ1n) is 9.20. The molecule has 1 aliphatic heterocycles.